The molecule has 0 bridgehead atoms. The molecule has 1 N–H and O–H groups in total. The maximum Gasteiger partial charge on any atom is 0.237 e. The summed E-state index contributed by atoms with van der Waals surface area (Å²) >= 11 is 0. The Labute approximate surface area is 67.8 Å². The highest BCUT2D eigenvalue weighted by Gasteiger charge is 2.24. The molecule has 0 saturated carbocycles. The summed E-state index contributed by atoms with van der Waals surface area (Å²) in [6.45, 7) is 8.49. The number of hydrogen-bond donors (Lipinski definition) is 1. The van der Waals surface area contributed by atoms with Crippen molar-refractivity contribution in [2.75, 3.05) is 19.8 Å². The smallest absolute Gasteiger partial charge is 0.237 e. The Hall–Kier alpha value is -0.570. The number of nitrogens with zero attached hydrogens (tertiary/aromatic N) is 1. The summed E-state index contributed by atoms with van der Waals surface area (Å²) in [5, 5.41) is 3.02. The summed E-state index contributed by atoms with van der Waals surface area (Å²) in [5.74, 6) is 0.222. The normalized spacial score (nSPS) is 19.5. The van der Waals surface area contributed by atoms with Gasteiger partial charge in [0.05, 0.1) is 13.2 Å². The fourth-order valence-corrected chi connectivity index (χ4v) is 1.21. The van der Waals surface area contributed by atoms with Crippen LogP contribution >= 0.6 is 0 Å². The molecule has 0 aromatic rings. The minimum Gasteiger partial charge on any atom is -0.328 e. The van der Waals surface area contributed by atoms with Gasteiger partial charge in [0.2, 0.25) is 5.91 Å². The van der Waals surface area contributed by atoms with E-state index in [1.54, 1.807) is 0 Å². The highest BCUT2D eigenvalue weighted by Crippen LogP contribution is 2.15. The molecule has 1 aliphatic heterocycles. The van der Waals surface area contributed by atoms with E-state index in [0.717, 1.165) is 13.2 Å². The van der Waals surface area contributed by atoms with Crippen LogP contribution in [0.2, 0.25) is 0 Å². The molecule has 0 aromatic carbocycles. The number of nitrogens with one attached hydrogen (secondary N) is 1. The zero-order valence-electron chi connectivity index (χ0n) is 7.48. The Morgan fingerprint density at radius 2 is 2.18 bits per heavy atom. The number of rotatable bonds is 1. The topological polar surface area (TPSA) is 32.3 Å². The van der Waals surface area contributed by atoms with Gasteiger partial charge in [0.15, 0.2) is 0 Å². The van der Waals surface area contributed by atoms with E-state index in [1.165, 1.54) is 0 Å². The van der Waals surface area contributed by atoms with Gasteiger partial charge in [0, 0.05) is 6.54 Å². The van der Waals surface area contributed by atoms with Crippen LogP contribution in [0.15, 0.2) is 0 Å². The summed E-state index contributed by atoms with van der Waals surface area (Å²) in [6.07, 6.45) is 0. The molecule has 0 unspecified atom stereocenters. The lowest BCUT2D eigenvalue weighted by Crippen LogP contribution is -2.34. The van der Waals surface area contributed by atoms with Gasteiger partial charge in [-0.25, -0.2) is 0 Å². The Morgan fingerprint density at radius 1 is 1.55 bits per heavy atom. The zero-order chi connectivity index (χ0) is 8.48. The summed E-state index contributed by atoms with van der Waals surface area (Å²) in [5.41, 5.74) is 0.210. The van der Waals surface area contributed by atoms with Gasteiger partial charge in [0.25, 0.3) is 0 Å². The molecule has 0 aromatic heterocycles. The van der Waals surface area contributed by atoms with E-state index >= 15 is 0 Å². The highest BCUT2D eigenvalue weighted by atomic mass is 16.2. The van der Waals surface area contributed by atoms with Crippen LogP contribution in [0.1, 0.15) is 20.8 Å². The van der Waals surface area contributed by atoms with Crippen molar-refractivity contribution >= 4 is 5.91 Å². The molecule has 1 amide bonds. The third-order valence-corrected chi connectivity index (χ3v) is 1.60. The van der Waals surface area contributed by atoms with Crippen molar-refractivity contribution < 1.29 is 4.79 Å². The second kappa shape index (κ2) is 2.81. The van der Waals surface area contributed by atoms with Crippen molar-refractivity contribution in [3.63, 3.8) is 0 Å². The van der Waals surface area contributed by atoms with E-state index in [9.17, 15) is 4.79 Å². The zero-order valence-corrected chi connectivity index (χ0v) is 7.48. The molecule has 1 saturated heterocycles. The van der Waals surface area contributed by atoms with Crippen molar-refractivity contribution in [3.8, 4) is 0 Å². The average molecular weight is 156 g/mol. The maximum absolute atomic E-state index is 11.1. The summed E-state index contributed by atoms with van der Waals surface area (Å²) in [7, 11) is 0. The Kier molecular flexibility index (Phi) is 2.18. The van der Waals surface area contributed by atoms with E-state index in [-0.39, 0.29) is 11.3 Å². The molecule has 11 heavy (non-hydrogen) atoms. The van der Waals surface area contributed by atoms with Gasteiger partial charge in [-0.15, -0.1) is 0 Å². The fraction of sp³-hybridized carbons (Fsp3) is 0.875. The van der Waals surface area contributed by atoms with Gasteiger partial charge in [-0.2, -0.15) is 0 Å². The van der Waals surface area contributed by atoms with Gasteiger partial charge in [-0.3, -0.25) is 10.1 Å². The largest absolute Gasteiger partial charge is 0.328 e. The highest BCUT2D eigenvalue weighted by molar-refractivity contribution is 5.80. The third-order valence-electron chi connectivity index (χ3n) is 1.60. The van der Waals surface area contributed by atoms with Crippen LogP contribution in [0.5, 0.6) is 0 Å². The van der Waals surface area contributed by atoms with Crippen LogP contribution in [0.4, 0.5) is 0 Å². The number of hydrogen-bond acceptors (Lipinski definition) is 2. The van der Waals surface area contributed by atoms with Crippen LogP contribution < -0.4 is 5.32 Å². The van der Waals surface area contributed by atoms with Crippen LogP contribution in [0.25, 0.3) is 0 Å². The molecule has 1 rings (SSSR count). The predicted octanol–water partition coefficient (Wildman–Crippen LogP) is 0.422. The van der Waals surface area contributed by atoms with E-state index in [4.69, 9.17) is 0 Å². The first-order valence-electron chi connectivity index (χ1n) is 3.97. The summed E-state index contributed by atoms with van der Waals surface area (Å²) in [4.78, 5) is 13.0. The van der Waals surface area contributed by atoms with Crippen LogP contribution in [0.3, 0.4) is 0 Å². The van der Waals surface area contributed by atoms with E-state index in [1.807, 2.05) is 4.90 Å². The Balaban J connectivity index is 2.43. The predicted molar refractivity (Wildman–Crippen MR) is 44.0 cm³/mol. The number of carbonyl (C=O) groups is 1. The standard InChI is InChI=1S/C8H16N2O/c1-8(2,3)5-10-6-9-4-7(10)11/h9H,4-6H2,1-3H3. The molecule has 1 heterocycles. The Bertz CT molecular complexity index is 160. The third kappa shape index (κ3) is 2.50. The van der Waals surface area contributed by atoms with E-state index < -0.39 is 0 Å². The number of carbonyl (C=O) groups excluding carboxylic acids is 1. The molecule has 3 heteroatoms. The molecule has 0 radical (unpaired) electrons. The van der Waals surface area contributed by atoms with Gasteiger partial charge < -0.3 is 4.90 Å². The first kappa shape index (κ1) is 8.53. The minimum absolute atomic E-state index is 0.210. The minimum atomic E-state index is 0.210. The lowest BCUT2D eigenvalue weighted by molar-refractivity contribution is -0.127. The van der Waals surface area contributed by atoms with Crippen molar-refractivity contribution in [3.05, 3.63) is 0 Å². The molecule has 1 fully saturated rings. The first-order chi connectivity index (χ1) is 4.99. The SMILES string of the molecule is CC(C)(C)CN1CNCC1=O. The summed E-state index contributed by atoms with van der Waals surface area (Å²) in [6, 6.07) is 0. The van der Waals surface area contributed by atoms with Crippen LogP contribution in [-0.4, -0.2) is 30.6 Å². The average Bonchev–Trinajstić information content (AvgIpc) is 2.12. The lowest BCUT2D eigenvalue weighted by Gasteiger charge is -2.25. The van der Waals surface area contributed by atoms with Gasteiger partial charge in [0.1, 0.15) is 0 Å². The quantitative estimate of drug-likeness (QED) is 0.597. The van der Waals surface area contributed by atoms with Gasteiger partial charge >= 0.3 is 0 Å². The van der Waals surface area contributed by atoms with Crippen molar-refractivity contribution in [1.29, 1.82) is 0 Å². The molecule has 64 valence electrons. The molecule has 0 spiro atoms. The van der Waals surface area contributed by atoms with Gasteiger partial charge in [-0.1, -0.05) is 20.8 Å². The van der Waals surface area contributed by atoms with Crippen LogP contribution in [0, 0.1) is 5.41 Å². The van der Waals surface area contributed by atoms with Crippen LogP contribution in [-0.2, 0) is 4.79 Å². The van der Waals surface area contributed by atoms with E-state index in [2.05, 4.69) is 26.1 Å². The van der Waals surface area contributed by atoms with E-state index in [0.29, 0.717) is 6.54 Å². The first-order valence-corrected chi connectivity index (χ1v) is 3.97. The lowest BCUT2D eigenvalue weighted by atomic mass is 9.96. The molecular weight excluding hydrogens is 140 g/mol. The monoisotopic (exact) mass is 156 g/mol. The van der Waals surface area contributed by atoms with Crippen molar-refractivity contribution in [2.24, 2.45) is 5.41 Å². The molecule has 0 atom stereocenters. The maximum atomic E-state index is 11.1. The van der Waals surface area contributed by atoms with Crippen molar-refractivity contribution in [2.45, 2.75) is 20.8 Å². The second-order valence-electron chi connectivity index (χ2n) is 4.24. The van der Waals surface area contributed by atoms with Crippen molar-refractivity contribution in [1.82, 2.24) is 10.2 Å². The number of amides is 1. The molecular formula is C8H16N2O. The molecule has 0 aliphatic carbocycles. The Morgan fingerprint density at radius 3 is 2.55 bits per heavy atom. The second-order valence-corrected chi connectivity index (χ2v) is 4.24. The molecule has 3 nitrogen and oxygen atoms in total. The summed E-state index contributed by atoms with van der Waals surface area (Å²) < 4.78 is 0. The van der Waals surface area contributed by atoms with Gasteiger partial charge in [-0.05, 0) is 5.41 Å². The molecule has 1 aliphatic rings. The fourth-order valence-electron chi connectivity index (χ4n) is 1.21.